The normalized spacial score (nSPS) is 11.9. The van der Waals surface area contributed by atoms with Crippen molar-refractivity contribution in [3.63, 3.8) is 0 Å². The van der Waals surface area contributed by atoms with Gasteiger partial charge >= 0.3 is 6.18 Å². The maximum Gasteiger partial charge on any atom is 0.416 e. The van der Waals surface area contributed by atoms with Crippen molar-refractivity contribution in [3.8, 4) is 11.5 Å². The van der Waals surface area contributed by atoms with Gasteiger partial charge in [0.05, 0.1) is 11.3 Å². The van der Waals surface area contributed by atoms with Crippen molar-refractivity contribution >= 4 is 13.8 Å². The number of alkyl halides is 3. The van der Waals surface area contributed by atoms with Gasteiger partial charge < -0.3 is 5.73 Å². The van der Waals surface area contributed by atoms with E-state index >= 15 is 0 Å². The van der Waals surface area contributed by atoms with E-state index in [2.05, 4.69) is 11.5 Å². The third-order valence-electron chi connectivity index (χ3n) is 2.29. The zero-order chi connectivity index (χ0) is 14.1. The fourth-order valence-corrected chi connectivity index (χ4v) is 1.83. The summed E-state index contributed by atoms with van der Waals surface area (Å²) in [5.41, 5.74) is 9.10. The Hall–Kier alpha value is -1.41. The second-order valence-electron chi connectivity index (χ2n) is 5.25. The minimum atomic E-state index is -4.37. The molecule has 0 aliphatic rings. The van der Waals surface area contributed by atoms with Gasteiger partial charge in [-0.15, -0.1) is 5.54 Å². The first-order valence-electron chi connectivity index (χ1n) is 5.51. The van der Waals surface area contributed by atoms with Crippen molar-refractivity contribution in [2.75, 3.05) is 5.73 Å². The van der Waals surface area contributed by atoms with Crippen molar-refractivity contribution in [1.82, 2.24) is 0 Å². The summed E-state index contributed by atoms with van der Waals surface area (Å²) < 4.78 is 38.0. The number of hydrogen-bond acceptors (Lipinski definition) is 1. The van der Waals surface area contributed by atoms with Crippen LogP contribution >= 0.6 is 0 Å². The molecular formula is C13H16F3NSi. The van der Waals surface area contributed by atoms with E-state index in [4.69, 9.17) is 5.73 Å². The van der Waals surface area contributed by atoms with Gasteiger partial charge in [-0.25, -0.2) is 0 Å². The van der Waals surface area contributed by atoms with Crippen LogP contribution in [-0.2, 0) is 6.18 Å². The highest BCUT2D eigenvalue weighted by Crippen LogP contribution is 2.32. The molecule has 98 valence electrons. The largest absolute Gasteiger partial charge is 0.416 e. The first-order chi connectivity index (χ1) is 8.00. The Kier molecular flexibility index (Phi) is 3.82. The van der Waals surface area contributed by atoms with E-state index < -0.39 is 19.8 Å². The lowest BCUT2D eigenvalue weighted by Gasteiger charge is -2.11. The van der Waals surface area contributed by atoms with Crippen LogP contribution in [0.1, 0.15) is 16.7 Å². The molecule has 18 heavy (non-hydrogen) atoms. The van der Waals surface area contributed by atoms with E-state index in [0.717, 1.165) is 12.1 Å². The molecule has 0 aromatic heterocycles. The molecule has 5 heteroatoms. The van der Waals surface area contributed by atoms with E-state index in [1.54, 1.807) is 6.92 Å². The molecule has 0 fully saturated rings. The van der Waals surface area contributed by atoms with Gasteiger partial charge in [0.15, 0.2) is 0 Å². The number of anilines is 1. The molecule has 1 aromatic rings. The van der Waals surface area contributed by atoms with Gasteiger partial charge in [0.2, 0.25) is 0 Å². The van der Waals surface area contributed by atoms with Crippen LogP contribution in [0, 0.1) is 18.4 Å². The Morgan fingerprint density at radius 1 is 1.17 bits per heavy atom. The second kappa shape index (κ2) is 4.69. The molecule has 2 N–H and O–H groups in total. The summed E-state index contributed by atoms with van der Waals surface area (Å²) in [7, 11) is -1.64. The molecule has 0 heterocycles. The number of hydrogen-bond donors (Lipinski definition) is 1. The molecule has 1 rings (SSSR count). The number of nitrogens with two attached hydrogens (primary N) is 1. The standard InChI is InChI=1S/C13H16F3NSi/c1-9-7-11(13(14,15)16)8-10(12(9)17)5-6-18(2,3)4/h7-8H,17H2,1-4H3. The van der Waals surface area contributed by atoms with Gasteiger partial charge in [0.25, 0.3) is 0 Å². The molecule has 0 atom stereocenters. The van der Waals surface area contributed by atoms with Crippen LogP contribution in [0.15, 0.2) is 12.1 Å². The Labute approximate surface area is 106 Å². The summed E-state index contributed by atoms with van der Waals surface area (Å²) in [6.45, 7) is 7.63. The average Bonchev–Trinajstić information content (AvgIpc) is 2.17. The van der Waals surface area contributed by atoms with Crippen molar-refractivity contribution in [2.45, 2.75) is 32.7 Å². The zero-order valence-corrected chi connectivity index (χ0v) is 11.9. The number of nitrogen functional groups attached to an aromatic ring is 1. The van der Waals surface area contributed by atoms with Crippen molar-refractivity contribution < 1.29 is 13.2 Å². The monoisotopic (exact) mass is 271 g/mol. The maximum atomic E-state index is 12.7. The molecular weight excluding hydrogens is 255 g/mol. The number of aryl methyl sites for hydroxylation is 1. The lowest BCUT2D eigenvalue weighted by molar-refractivity contribution is -0.137. The topological polar surface area (TPSA) is 26.0 Å². The van der Waals surface area contributed by atoms with Crippen molar-refractivity contribution in [3.05, 3.63) is 28.8 Å². The lowest BCUT2D eigenvalue weighted by Crippen LogP contribution is -2.16. The molecule has 0 bridgehead atoms. The van der Waals surface area contributed by atoms with Gasteiger partial charge in [-0.3, -0.25) is 0 Å². The molecule has 0 unspecified atom stereocenters. The molecule has 0 spiro atoms. The summed E-state index contributed by atoms with van der Waals surface area (Å²) in [6.07, 6.45) is -4.37. The van der Waals surface area contributed by atoms with Crippen LogP contribution in [0.5, 0.6) is 0 Å². The van der Waals surface area contributed by atoms with Crippen LogP contribution in [-0.4, -0.2) is 8.07 Å². The highest BCUT2D eigenvalue weighted by molar-refractivity contribution is 6.83. The Morgan fingerprint density at radius 2 is 1.72 bits per heavy atom. The zero-order valence-electron chi connectivity index (χ0n) is 10.9. The SMILES string of the molecule is Cc1cc(C(F)(F)F)cc(C#C[Si](C)(C)C)c1N. The molecule has 0 amide bonds. The predicted molar refractivity (Wildman–Crippen MR) is 70.8 cm³/mol. The van der Waals surface area contributed by atoms with E-state index in [1.165, 1.54) is 0 Å². The van der Waals surface area contributed by atoms with Gasteiger partial charge in [0, 0.05) is 5.56 Å². The average molecular weight is 271 g/mol. The fourth-order valence-electron chi connectivity index (χ4n) is 1.32. The number of rotatable bonds is 0. The first-order valence-corrected chi connectivity index (χ1v) is 9.01. The van der Waals surface area contributed by atoms with E-state index in [0.29, 0.717) is 11.3 Å². The summed E-state index contributed by atoms with van der Waals surface area (Å²) in [5, 5.41) is 0. The van der Waals surface area contributed by atoms with Crippen molar-refractivity contribution in [2.24, 2.45) is 0 Å². The van der Waals surface area contributed by atoms with Crippen LogP contribution in [0.2, 0.25) is 19.6 Å². The van der Waals surface area contributed by atoms with Crippen LogP contribution in [0.4, 0.5) is 18.9 Å². The number of benzene rings is 1. The minimum Gasteiger partial charge on any atom is -0.398 e. The fraction of sp³-hybridized carbons (Fsp3) is 0.385. The Morgan fingerprint density at radius 3 is 2.17 bits per heavy atom. The van der Waals surface area contributed by atoms with Crippen LogP contribution in [0.25, 0.3) is 0 Å². The minimum absolute atomic E-state index is 0.268. The smallest absolute Gasteiger partial charge is 0.398 e. The quantitative estimate of drug-likeness (QED) is 0.433. The van der Waals surface area contributed by atoms with E-state index in [1.807, 2.05) is 19.6 Å². The third kappa shape index (κ3) is 3.81. The highest BCUT2D eigenvalue weighted by atomic mass is 28.3. The van der Waals surface area contributed by atoms with Gasteiger partial charge in [-0.05, 0) is 24.6 Å². The third-order valence-corrected chi connectivity index (χ3v) is 3.16. The molecule has 0 saturated heterocycles. The van der Waals surface area contributed by atoms with Crippen LogP contribution < -0.4 is 5.73 Å². The Bertz CT molecular complexity index is 516. The van der Waals surface area contributed by atoms with Crippen molar-refractivity contribution in [1.29, 1.82) is 0 Å². The highest BCUT2D eigenvalue weighted by Gasteiger charge is 2.31. The summed E-state index contributed by atoms with van der Waals surface area (Å²) >= 11 is 0. The Balaban J connectivity index is 3.35. The predicted octanol–water partition coefficient (Wildman–Crippen LogP) is 3.82. The van der Waals surface area contributed by atoms with Crippen LogP contribution in [0.3, 0.4) is 0 Å². The lowest BCUT2D eigenvalue weighted by atomic mass is 10.0. The summed E-state index contributed by atoms with van der Waals surface area (Å²) in [6, 6.07) is 2.07. The van der Waals surface area contributed by atoms with Gasteiger partial charge in [-0.1, -0.05) is 25.6 Å². The van der Waals surface area contributed by atoms with E-state index in [-0.39, 0.29) is 5.56 Å². The molecule has 1 nitrogen and oxygen atoms in total. The molecule has 0 saturated carbocycles. The van der Waals surface area contributed by atoms with Gasteiger partial charge in [0.1, 0.15) is 8.07 Å². The second-order valence-corrected chi connectivity index (χ2v) is 10.0. The molecule has 1 aromatic carbocycles. The van der Waals surface area contributed by atoms with Gasteiger partial charge in [-0.2, -0.15) is 13.2 Å². The first kappa shape index (κ1) is 14.6. The van der Waals surface area contributed by atoms with E-state index in [9.17, 15) is 13.2 Å². The molecule has 0 aliphatic carbocycles. The summed E-state index contributed by atoms with van der Waals surface area (Å²) in [5.74, 6) is 2.79. The summed E-state index contributed by atoms with van der Waals surface area (Å²) in [4.78, 5) is 0. The molecule has 0 radical (unpaired) electrons. The molecule has 0 aliphatic heterocycles. The number of halogens is 3. The maximum absolute atomic E-state index is 12.7.